The van der Waals surface area contributed by atoms with Gasteiger partial charge >= 0.3 is 0 Å². The molecule has 0 aromatic carbocycles. The lowest BCUT2D eigenvalue weighted by Crippen LogP contribution is -2.24. The standard InChI is InChI=1S/C10H14N4O2/c11-2-7-16-8-6-13-4-5-14-9(10(13)15)1-3-12-14/h1,3-5H,2,6-8,11H2. The fraction of sp³-hybridized carbons (Fsp3) is 0.400. The van der Waals surface area contributed by atoms with Gasteiger partial charge in [0.05, 0.1) is 19.4 Å². The Hall–Kier alpha value is -1.66. The normalized spacial score (nSPS) is 11.1. The number of ether oxygens (including phenoxy) is 1. The van der Waals surface area contributed by atoms with Crippen LogP contribution in [0.2, 0.25) is 0 Å². The molecule has 0 aliphatic rings. The largest absolute Gasteiger partial charge is 0.378 e. The van der Waals surface area contributed by atoms with Crippen molar-refractivity contribution in [1.82, 2.24) is 14.2 Å². The maximum atomic E-state index is 11.9. The van der Waals surface area contributed by atoms with Crippen molar-refractivity contribution in [3.05, 3.63) is 35.0 Å². The Labute approximate surface area is 92.2 Å². The SMILES string of the molecule is NCCOCCn1ccn2nccc2c1=O. The second-order valence-corrected chi connectivity index (χ2v) is 3.36. The van der Waals surface area contributed by atoms with Gasteiger partial charge in [0, 0.05) is 25.5 Å². The fourth-order valence-electron chi connectivity index (χ4n) is 1.49. The van der Waals surface area contributed by atoms with E-state index in [1.165, 1.54) is 0 Å². The average molecular weight is 222 g/mol. The Morgan fingerprint density at radius 2 is 2.25 bits per heavy atom. The van der Waals surface area contributed by atoms with Crippen LogP contribution in [0.15, 0.2) is 29.5 Å². The summed E-state index contributed by atoms with van der Waals surface area (Å²) < 4.78 is 8.39. The first-order valence-corrected chi connectivity index (χ1v) is 5.13. The van der Waals surface area contributed by atoms with E-state index in [1.807, 2.05) is 0 Å². The minimum absolute atomic E-state index is 0.0589. The number of nitrogens with two attached hydrogens (primary N) is 1. The van der Waals surface area contributed by atoms with Crippen molar-refractivity contribution in [2.45, 2.75) is 6.54 Å². The summed E-state index contributed by atoms with van der Waals surface area (Å²) in [5.74, 6) is 0. The summed E-state index contributed by atoms with van der Waals surface area (Å²) >= 11 is 0. The van der Waals surface area contributed by atoms with Gasteiger partial charge in [0.1, 0.15) is 5.52 Å². The van der Waals surface area contributed by atoms with E-state index in [4.69, 9.17) is 10.5 Å². The zero-order valence-electron chi connectivity index (χ0n) is 8.87. The van der Waals surface area contributed by atoms with Crippen LogP contribution in [-0.2, 0) is 11.3 Å². The molecule has 0 unspecified atom stereocenters. The van der Waals surface area contributed by atoms with Crippen LogP contribution >= 0.6 is 0 Å². The van der Waals surface area contributed by atoms with Crippen LogP contribution in [-0.4, -0.2) is 33.9 Å². The van der Waals surface area contributed by atoms with E-state index >= 15 is 0 Å². The molecule has 0 fully saturated rings. The van der Waals surface area contributed by atoms with Gasteiger partial charge in [-0.15, -0.1) is 0 Å². The number of aromatic nitrogens is 3. The molecule has 0 saturated carbocycles. The van der Waals surface area contributed by atoms with Gasteiger partial charge in [-0.1, -0.05) is 0 Å². The second kappa shape index (κ2) is 4.91. The van der Waals surface area contributed by atoms with E-state index in [2.05, 4.69) is 5.10 Å². The summed E-state index contributed by atoms with van der Waals surface area (Å²) in [7, 11) is 0. The van der Waals surface area contributed by atoms with Crippen LogP contribution in [0, 0.1) is 0 Å². The number of nitrogens with zero attached hydrogens (tertiary/aromatic N) is 3. The number of hydrogen-bond acceptors (Lipinski definition) is 4. The zero-order valence-corrected chi connectivity index (χ0v) is 8.87. The molecule has 0 aliphatic carbocycles. The molecule has 0 radical (unpaired) electrons. The van der Waals surface area contributed by atoms with Crippen LogP contribution < -0.4 is 11.3 Å². The van der Waals surface area contributed by atoms with Crippen LogP contribution in [0.25, 0.3) is 5.52 Å². The molecular formula is C10H14N4O2. The van der Waals surface area contributed by atoms with Crippen molar-refractivity contribution in [3.63, 3.8) is 0 Å². The van der Waals surface area contributed by atoms with Gasteiger partial charge in [0.2, 0.25) is 0 Å². The van der Waals surface area contributed by atoms with Crippen molar-refractivity contribution < 1.29 is 4.74 Å². The summed E-state index contributed by atoms with van der Waals surface area (Å²) in [4.78, 5) is 11.9. The number of rotatable bonds is 5. The minimum atomic E-state index is -0.0589. The molecule has 0 atom stereocenters. The van der Waals surface area contributed by atoms with E-state index in [0.29, 0.717) is 31.8 Å². The monoisotopic (exact) mass is 222 g/mol. The minimum Gasteiger partial charge on any atom is -0.378 e. The Balaban J connectivity index is 2.12. The predicted molar refractivity (Wildman–Crippen MR) is 59.3 cm³/mol. The van der Waals surface area contributed by atoms with Crippen LogP contribution in [0.4, 0.5) is 0 Å². The van der Waals surface area contributed by atoms with Crippen LogP contribution in [0.1, 0.15) is 0 Å². The first-order valence-electron chi connectivity index (χ1n) is 5.13. The molecule has 0 aliphatic heterocycles. The Morgan fingerprint density at radius 3 is 3.06 bits per heavy atom. The second-order valence-electron chi connectivity index (χ2n) is 3.36. The molecule has 0 amide bonds. The highest BCUT2D eigenvalue weighted by Crippen LogP contribution is 1.94. The Bertz CT molecular complexity index is 517. The van der Waals surface area contributed by atoms with E-state index in [9.17, 15) is 4.79 Å². The van der Waals surface area contributed by atoms with Crippen molar-refractivity contribution in [3.8, 4) is 0 Å². The number of fused-ring (bicyclic) bond motifs is 1. The lowest BCUT2D eigenvalue weighted by Gasteiger charge is -2.06. The topological polar surface area (TPSA) is 74.6 Å². The van der Waals surface area contributed by atoms with E-state index < -0.39 is 0 Å². The fourth-order valence-corrected chi connectivity index (χ4v) is 1.49. The first kappa shape index (κ1) is 10.8. The molecule has 0 saturated heterocycles. The summed E-state index contributed by atoms with van der Waals surface area (Å²) in [5, 5.41) is 3.99. The summed E-state index contributed by atoms with van der Waals surface area (Å²) in [5.41, 5.74) is 5.80. The summed E-state index contributed by atoms with van der Waals surface area (Å²) in [6.45, 7) is 2.03. The molecule has 2 N–H and O–H groups in total. The maximum Gasteiger partial charge on any atom is 0.276 e. The predicted octanol–water partition coefficient (Wildman–Crippen LogP) is -0.529. The molecule has 2 heterocycles. The lowest BCUT2D eigenvalue weighted by molar-refractivity contribution is 0.132. The molecule has 86 valence electrons. The molecule has 2 rings (SSSR count). The summed E-state index contributed by atoms with van der Waals surface area (Å²) in [6.07, 6.45) is 5.06. The van der Waals surface area contributed by atoms with Gasteiger partial charge in [-0.05, 0) is 6.07 Å². The maximum absolute atomic E-state index is 11.9. The van der Waals surface area contributed by atoms with Gasteiger partial charge in [0.25, 0.3) is 5.56 Å². The molecule has 16 heavy (non-hydrogen) atoms. The summed E-state index contributed by atoms with van der Waals surface area (Å²) in [6, 6.07) is 1.69. The Kier molecular flexibility index (Phi) is 3.33. The lowest BCUT2D eigenvalue weighted by atomic mass is 10.5. The van der Waals surface area contributed by atoms with E-state index in [0.717, 1.165) is 0 Å². The first-order chi connectivity index (χ1) is 7.83. The zero-order chi connectivity index (χ0) is 11.4. The van der Waals surface area contributed by atoms with Gasteiger partial charge in [0.15, 0.2) is 0 Å². The molecule has 0 bridgehead atoms. The van der Waals surface area contributed by atoms with Gasteiger partial charge in [-0.3, -0.25) is 4.79 Å². The van der Waals surface area contributed by atoms with Crippen molar-refractivity contribution in [2.75, 3.05) is 19.8 Å². The van der Waals surface area contributed by atoms with Crippen LogP contribution in [0.5, 0.6) is 0 Å². The highest BCUT2D eigenvalue weighted by molar-refractivity contribution is 5.42. The molecule has 2 aromatic rings. The van der Waals surface area contributed by atoms with Crippen LogP contribution in [0.3, 0.4) is 0 Å². The molecular weight excluding hydrogens is 208 g/mol. The van der Waals surface area contributed by atoms with Crippen molar-refractivity contribution in [1.29, 1.82) is 0 Å². The van der Waals surface area contributed by atoms with Crippen molar-refractivity contribution >= 4 is 5.52 Å². The quantitative estimate of drug-likeness (QED) is 0.690. The third kappa shape index (κ3) is 2.12. The van der Waals surface area contributed by atoms with Gasteiger partial charge in [-0.2, -0.15) is 5.10 Å². The highest BCUT2D eigenvalue weighted by Gasteiger charge is 2.02. The van der Waals surface area contributed by atoms with E-state index in [-0.39, 0.29) is 5.56 Å². The Morgan fingerprint density at radius 1 is 1.38 bits per heavy atom. The highest BCUT2D eigenvalue weighted by atomic mass is 16.5. The van der Waals surface area contributed by atoms with Gasteiger partial charge < -0.3 is 15.0 Å². The van der Waals surface area contributed by atoms with Gasteiger partial charge in [-0.25, -0.2) is 4.52 Å². The molecule has 2 aromatic heterocycles. The smallest absolute Gasteiger partial charge is 0.276 e. The number of hydrogen-bond donors (Lipinski definition) is 1. The molecule has 0 spiro atoms. The average Bonchev–Trinajstić information content (AvgIpc) is 2.76. The third-order valence-electron chi connectivity index (χ3n) is 2.28. The van der Waals surface area contributed by atoms with Crippen molar-refractivity contribution in [2.24, 2.45) is 5.73 Å². The van der Waals surface area contributed by atoms with E-state index in [1.54, 1.807) is 33.7 Å². The third-order valence-corrected chi connectivity index (χ3v) is 2.28. The molecule has 6 nitrogen and oxygen atoms in total. The molecule has 6 heteroatoms.